The monoisotopic (exact) mass is 194 g/mol. The number of nitrogens with two attached hydrogens (primary N) is 1. The second kappa shape index (κ2) is 3.90. The van der Waals surface area contributed by atoms with Crippen molar-refractivity contribution in [1.82, 2.24) is 10.2 Å². The molecular formula is C10H18N4. The average Bonchev–Trinajstić information content (AvgIpc) is 2.80. The van der Waals surface area contributed by atoms with Crippen LogP contribution in [0.3, 0.4) is 0 Å². The Hall–Kier alpha value is -1.19. The maximum atomic E-state index is 5.82. The minimum absolute atomic E-state index is 0.667. The summed E-state index contributed by atoms with van der Waals surface area (Å²) in [7, 11) is 0. The van der Waals surface area contributed by atoms with Crippen molar-refractivity contribution in [2.75, 3.05) is 17.2 Å². The summed E-state index contributed by atoms with van der Waals surface area (Å²) in [4.78, 5) is 2.37. The third-order valence-corrected chi connectivity index (χ3v) is 3.06. The first-order chi connectivity index (χ1) is 6.83. The number of aromatic nitrogens is 2. The molecule has 4 heteroatoms. The Morgan fingerprint density at radius 3 is 2.79 bits per heavy atom. The normalized spacial score (nSPS) is 17.5. The highest BCUT2D eigenvalue weighted by Gasteiger charge is 2.23. The number of aromatic amines is 1. The lowest BCUT2D eigenvalue weighted by molar-refractivity contribution is 0.621. The van der Waals surface area contributed by atoms with Crippen LogP contribution in [0.4, 0.5) is 11.5 Å². The van der Waals surface area contributed by atoms with E-state index in [1.54, 1.807) is 0 Å². The summed E-state index contributed by atoms with van der Waals surface area (Å²) >= 11 is 0. The lowest BCUT2D eigenvalue weighted by atomic mass is 10.2. The highest BCUT2D eigenvalue weighted by molar-refractivity contribution is 5.62. The van der Waals surface area contributed by atoms with Crippen LogP contribution in [0.5, 0.6) is 0 Å². The third-order valence-electron chi connectivity index (χ3n) is 3.06. The summed E-state index contributed by atoms with van der Waals surface area (Å²) in [6.07, 6.45) is 7.10. The molecule has 1 heterocycles. The molecule has 0 saturated heterocycles. The average molecular weight is 194 g/mol. The maximum Gasteiger partial charge on any atom is 0.142 e. The topological polar surface area (TPSA) is 57.9 Å². The van der Waals surface area contributed by atoms with Crippen molar-refractivity contribution in [2.45, 2.75) is 38.6 Å². The molecule has 0 aromatic carbocycles. The van der Waals surface area contributed by atoms with Crippen molar-refractivity contribution < 1.29 is 0 Å². The van der Waals surface area contributed by atoms with Gasteiger partial charge in [0.1, 0.15) is 5.82 Å². The summed E-state index contributed by atoms with van der Waals surface area (Å²) in [6, 6.07) is 0.667. The van der Waals surface area contributed by atoms with Crippen molar-refractivity contribution in [3.05, 3.63) is 6.20 Å². The molecule has 1 aromatic heterocycles. The summed E-state index contributed by atoms with van der Waals surface area (Å²) < 4.78 is 0. The number of hydrogen-bond acceptors (Lipinski definition) is 3. The molecule has 1 saturated carbocycles. The Morgan fingerprint density at radius 1 is 1.57 bits per heavy atom. The highest BCUT2D eigenvalue weighted by Crippen LogP contribution is 2.30. The zero-order valence-electron chi connectivity index (χ0n) is 8.66. The predicted octanol–water partition coefficient (Wildman–Crippen LogP) is 1.76. The van der Waals surface area contributed by atoms with Crippen LogP contribution < -0.4 is 10.6 Å². The van der Waals surface area contributed by atoms with Gasteiger partial charge in [-0.1, -0.05) is 12.8 Å². The Balaban J connectivity index is 2.16. The lowest BCUT2D eigenvalue weighted by Crippen LogP contribution is -2.33. The first-order valence-electron chi connectivity index (χ1n) is 5.38. The molecule has 0 bridgehead atoms. The van der Waals surface area contributed by atoms with E-state index in [0.717, 1.165) is 12.2 Å². The number of rotatable bonds is 3. The van der Waals surface area contributed by atoms with Gasteiger partial charge in [0.25, 0.3) is 0 Å². The van der Waals surface area contributed by atoms with Crippen molar-refractivity contribution in [1.29, 1.82) is 0 Å². The lowest BCUT2D eigenvalue weighted by Gasteiger charge is -2.28. The van der Waals surface area contributed by atoms with Gasteiger partial charge >= 0.3 is 0 Å². The third kappa shape index (κ3) is 1.56. The summed E-state index contributed by atoms with van der Waals surface area (Å²) in [5, 5.41) is 6.76. The van der Waals surface area contributed by atoms with E-state index in [1.807, 2.05) is 6.20 Å². The van der Waals surface area contributed by atoms with E-state index in [1.165, 1.54) is 25.7 Å². The minimum atomic E-state index is 0.667. The molecule has 2 rings (SSSR count). The molecule has 78 valence electrons. The quantitative estimate of drug-likeness (QED) is 0.770. The first-order valence-corrected chi connectivity index (χ1v) is 5.38. The molecule has 0 radical (unpaired) electrons. The highest BCUT2D eigenvalue weighted by atomic mass is 15.2. The van der Waals surface area contributed by atoms with Gasteiger partial charge in [-0.25, -0.2) is 0 Å². The molecule has 1 fully saturated rings. The van der Waals surface area contributed by atoms with Crippen LogP contribution in [0.25, 0.3) is 0 Å². The van der Waals surface area contributed by atoms with E-state index >= 15 is 0 Å². The fraction of sp³-hybridized carbons (Fsp3) is 0.700. The number of nitrogens with zero attached hydrogens (tertiary/aromatic N) is 2. The van der Waals surface area contributed by atoms with E-state index in [-0.39, 0.29) is 0 Å². The van der Waals surface area contributed by atoms with Crippen molar-refractivity contribution in [3.8, 4) is 0 Å². The summed E-state index contributed by atoms with van der Waals surface area (Å²) in [6.45, 7) is 3.18. The van der Waals surface area contributed by atoms with Gasteiger partial charge in [0.2, 0.25) is 0 Å². The Kier molecular flexibility index (Phi) is 2.61. The largest absolute Gasteiger partial charge is 0.382 e. The second-order valence-electron chi connectivity index (χ2n) is 3.89. The molecule has 0 atom stereocenters. The smallest absolute Gasteiger partial charge is 0.142 e. The Labute approximate surface area is 84.5 Å². The number of H-pyrrole nitrogens is 1. The van der Waals surface area contributed by atoms with Crippen LogP contribution in [-0.2, 0) is 0 Å². The van der Waals surface area contributed by atoms with Crippen LogP contribution >= 0.6 is 0 Å². The SMILES string of the molecule is CCN(c1cn[nH]c1N)C1CCCC1. The van der Waals surface area contributed by atoms with E-state index in [0.29, 0.717) is 11.9 Å². The number of nitrogens with one attached hydrogen (secondary N) is 1. The van der Waals surface area contributed by atoms with Gasteiger partial charge < -0.3 is 10.6 Å². The molecule has 0 aliphatic heterocycles. The van der Waals surface area contributed by atoms with E-state index in [4.69, 9.17) is 5.73 Å². The zero-order chi connectivity index (χ0) is 9.97. The number of nitrogen functional groups attached to an aromatic ring is 1. The predicted molar refractivity (Wildman–Crippen MR) is 58.3 cm³/mol. The van der Waals surface area contributed by atoms with E-state index in [9.17, 15) is 0 Å². The molecule has 1 aliphatic carbocycles. The standard InChI is InChI=1S/C10H18N4/c1-2-14(8-5-3-4-6-8)9-7-12-13-10(9)11/h7-8H,2-6H2,1H3,(H3,11,12,13). The molecule has 0 spiro atoms. The van der Waals surface area contributed by atoms with Gasteiger partial charge in [0.15, 0.2) is 0 Å². The van der Waals surface area contributed by atoms with E-state index in [2.05, 4.69) is 22.0 Å². The number of hydrogen-bond donors (Lipinski definition) is 2. The van der Waals surface area contributed by atoms with Gasteiger partial charge in [-0.15, -0.1) is 0 Å². The van der Waals surface area contributed by atoms with Crippen molar-refractivity contribution >= 4 is 11.5 Å². The van der Waals surface area contributed by atoms with Crippen LogP contribution in [0.2, 0.25) is 0 Å². The molecule has 1 aromatic rings. The van der Waals surface area contributed by atoms with Crippen molar-refractivity contribution in [3.63, 3.8) is 0 Å². The minimum Gasteiger partial charge on any atom is -0.382 e. The fourth-order valence-corrected chi connectivity index (χ4v) is 2.36. The molecule has 4 nitrogen and oxygen atoms in total. The van der Waals surface area contributed by atoms with Gasteiger partial charge in [0, 0.05) is 12.6 Å². The second-order valence-corrected chi connectivity index (χ2v) is 3.89. The molecular weight excluding hydrogens is 176 g/mol. The summed E-state index contributed by atoms with van der Waals surface area (Å²) in [5.74, 6) is 0.693. The fourth-order valence-electron chi connectivity index (χ4n) is 2.36. The van der Waals surface area contributed by atoms with E-state index < -0.39 is 0 Å². The van der Waals surface area contributed by atoms with Gasteiger partial charge in [-0.3, -0.25) is 5.10 Å². The van der Waals surface area contributed by atoms with Crippen LogP contribution in [-0.4, -0.2) is 22.8 Å². The molecule has 14 heavy (non-hydrogen) atoms. The van der Waals surface area contributed by atoms with Gasteiger partial charge in [-0.2, -0.15) is 5.10 Å². The maximum absolute atomic E-state index is 5.82. The summed E-state index contributed by atoms with van der Waals surface area (Å²) in [5.41, 5.74) is 6.89. The molecule has 3 N–H and O–H groups in total. The molecule has 0 amide bonds. The molecule has 0 unspecified atom stereocenters. The van der Waals surface area contributed by atoms with Crippen molar-refractivity contribution in [2.24, 2.45) is 0 Å². The van der Waals surface area contributed by atoms with Crippen LogP contribution in [0, 0.1) is 0 Å². The van der Waals surface area contributed by atoms with Crippen LogP contribution in [0.15, 0.2) is 6.20 Å². The van der Waals surface area contributed by atoms with Gasteiger partial charge in [-0.05, 0) is 19.8 Å². The van der Waals surface area contributed by atoms with Gasteiger partial charge in [0.05, 0.1) is 11.9 Å². The zero-order valence-corrected chi connectivity index (χ0v) is 8.66. The Bertz CT molecular complexity index is 288. The first kappa shape index (κ1) is 9.37. The Morgan fingerprint density at radius 2 is 2.29 bits per heavy atom. The number of anilines is 2. The van der Waals surface area contributed by atoms with Crippen LogP contribution in [0.1, 0.15) is 32.6 Å². The molecule has 1 aliphatic rings.